The summed E-state index contributed by atoms with van der Waals surface area (Å²) in [4.78, 5) is 0. The summed E-state index contributed by atoms with van der Waals surface area (Å²) in [6.07, 6.45) is 2.69. The molecular weight excluding hydrogens is 394 g/mol. The fourth-order valence-corrected chi connectivity index (χ4v) is 3.59. The predicted molar refractivity (Wildman–Crippen MR) is 92.9 cm³/mol. The summed E-state index contributed by atoms with van der Waals surface area (Å²) in [7, 11) is 0. The number of ether oxygens (including phenoxy) is 1. The van der Waals surface area contributed by atoms with Gasteiger partial charge in [0, 0.05) is 21.4 Å². The van der Waals surface area contributed by atoms with E-state index in [-0.39, 0.29) is 6.04 Å². The number of hydrogen-bond donors (Lipinski definition) is 1. The van der Waals surface area contributed by atoms with Crippen molar-refractivity contribution in [1.29, 1.82) is 0 Å². The Labute approximate surface area is 141 Å². The van der Waals surface area contributed by atoms with E-state index in [0.29, 0.717) is 0 Å². The number of rotatable bonds is 4. The Morgan fingerprint density at radius 2 is 1.81 bits per heavy atom. The lowest BCUT2D eigenvalue weighted by molar-refractivity contribution is 0.352. The maximum atomic E-state index is 6.34. The van der Waals surface area contributed by atoms with Gasteiger partial charge in [0.15, 0.2) is 0 Å². The Balaban J connectivity index is 1.73. The van der Waals surface area contributed by atoms with Crippen molar-refractivity contribution >= 4 is 31.9 Å². The maximum Gasteiger partial charge on any atom is 0.125 e. The van der Waals surface area contributed by atoms with E-state index in [2.05, 4.69) is 68.3 Å². The summed E-state index contributed by atoms with van der Waals surface area (Å²) in [6.45, 7) is 0.779. The van der Waals surface area contributed by atoms with E-state index in [0.717, 1.165) is 40.6 Å². The molecule has 4 heteroatoms. The van der Waals surface area contributed by atoms with Crippen molar-refractivity contribution in [2.45, 2.75) is 25.3 Å². The van der Waals surface area contributed by atoms with Crippen LogP contribution in [0, 0.1) is 0 Å². The second-order valence-corrected chi connectivity index (χ2v) is 7.28. The Morgan fingerprint density at radius 3 is 2.57 bits per heavy atom. The van der Waals surface area contributed by atoms with Crippen LogP contribution in [0.1, 0.15) is 16.7 Å². The van der Waals surface area contributed by atoms with Gasteiger partial charge in [-0.1, -0.05) is 44.0 Å². The fourth-order valence-electron chi connectivity index (χ4n) is 2.78. The van der Waals surface area contributed by atoms with E-state index in [9.17, 15) is 0 Å². The largest absolute Gasteiger partial charge is 0.493 e. The van der Waals surface area contributed by atoms with Crippen LogP contribution in [0.15, 0.2) is 45.3 Å². The number of hydrogen-bond acceptors (Lipinski definition) is 2. The van der Waals surface area contributed by atoms with Gasteiger partial charge in [-0.3, -0.25) is 0 Å². The van der Waals surface area contributed by atoms with Crippen LogP contribution in [0.2, 0.25) is 0 Å². The van der Waals surface area contributed by atoms with Gasteiger partial charge in [0.05, 0.1) is 6.61 Å². The maximum absolute atomic E-state index is 6.34. The minimum atomic E-state index is 0.0915. The summed E-state index contributed by atoms with van der Waals surface area (Å²) in [5.74, 6) is 1.05. The average molecular weight is 411 g/mol. The summed E-state index contributed by atoms with van der Waals surface area (Å²) >= 11 is 7.03. The van der Waals surface area contributed by atoms with E-state index >= 15 is 0 Å². The molecule has 0 fully saturated rings. The second-order valence-electron chi connectivity index (χ2n) is 5.45. The van der Waals surface area contributed by atoms with Gasteiger partial charge in [-0.05, 0) is 53.8 Å². The average Bonchev–Trinajstić information content (AvgIpc) is 2.89. The molecule has 0 aliphatic carbocycles. The van der Waals surface area contributed by atoms with Crippen LogP contribution in [0.5, 0.6) is 5.75 Å². The zero-order chi connectivity index (χ0) is 14.8. The lowest BCUT2D eigenvalue weighted by atomic mass is 9.97. The van der Waals surface area contributed by atoms with E-state index in [1.165, 1.54) is 16.7 Å². The normalized spacial score (nSPS) is 14.6. The molecule has 2 aromatic rings. The van der Waals surface area contributed by atoms with E-state index in [1.807, 2.05) is 0 Å². The highest BCUT2D eigenvalue weighted by Crippen LogP contribution is 2.33. The minimum absolute atomic E-state index is 0.0915. The number of fused-ring (bicyclic) bond motifs is 1. The first-order chi connectivity index (χ1) is 10.1. The van der Waals surface area contributed by atoms with Crippen LogP contribution in [-0.2, 0) is 19.3 Å². The van der Waals surface area contributed by atoms with Gasteiger partial charge in [-0.25, -0.2) is 0 Å². The third kappa shape index (κ3) is 3.68. The molecule has 2 N–H and O–H groups in total. The van der Waals surface area contributed by atoms with E-state index in [4.69, 9.17) is 10.5 Å². The molecule has 0 aromatic heterocycles. The smallest absolute Gasteiger partial charge is 0.125 e. The molecule has 0 radical (unpaired) electrons. The Morgan fingerprint density at radius 1 is 1.05 bits per heavy atom. The van der Waals surface area contributed by atoms with Gasteiger partial charge in [0.1, 0.15) is 5.75 Å². The molecule has 1 atom stereocenters. The SMILES string of the molecule is NC(Cc1ccc(Br)cc1)Cc1cc(Br)cc2c1OCC2. The molecule has 3 rings (SSSR count). The van der Waals surface area contributed by atoms with Crippen molar-refractivity contribution < 1.29 is 4.74 Å². The van der Waals surface area contributed by atoms with Crippen molar-refractivity contribution in [3.05, 3.63) is 62.0 Å². The minimum Gasteiger partial charge on any atom is -0.493 e. The van der Waals surface area contributed by atoms with Crippen molar-refractivity contribution in [1.82, 2.24) is 0 Å². The Kier molecular flexibility index (Phi) is 4.67. The van der Waals surface area contributed by atoms with Gasteiger partial charge in [-0.2, -0.15) is 0 Å². The summed E-state index contributed by atoms with van der Waals surface area (Å²) in [5.41, 5.74) is 10.1. The van der Waals surface area contributed by atoms with E-state index < -0.39 is 0 Å². The van der Waals surface area contributed by atoms with Crippen LogP contribution in [0.3, 0.4) is 0 Å². The zero-order valence-electron chi connectivity index (χ0n) is 11.6. The highest BCUT2D eigenvalue weighted by Gasteiger charge is 2.19. The molecule has 1 aliphatic heterocycles. The Hall–Kier alpha value is -0.840. The second kappa shape index (κ2) is 6.51. The molecule has 110 valence electrons. The van der Waals surface area contributed by atoms with Gasteiger partial charge in [0.2, 0.25) is 0 Å². The lowest BCUT2D eigenvalue weighted by Crippen LogP contribution is -2.25. The quantitative estimate of drug-likeness (QED) is 0.817. The van der Waals surface area contributed by atoms with Gasteiger partial charge >= 0.3 is 0 Å². The van der Waals surface area contributed by atoms with Crippen molar-refractivity contribution in [3.63, 3.8) is 0 Å². The van der Waals surface area contributed by atoms with Crippen LogP contribution in [-0.4, -0.2) is 12.6 Å². The van der Waals surface area contributed by atoms with Crippen LogP contribution in [0.4, 0.5) is 0 Å². The monoisotopic (exact) mass is 409 g/mol. The van der Waals surface area contributed by atoms with Crippen LogP contribution < -0.4 is 10.5 Å². The summed E-state index contributed by atoms with van der Waals surface area (Å²) in [5, 5.41) is 0. The predicted octanol–water partition coefficient (Wildman–Crippen LogP) is 4.26. The first kappa shape index (κ1) is 15.1. The molecular formula is C17H17Br2NO. The molecule has 0 saturated carbocycles. The summed E-state index contributed by atoms with van der Waals surface area (Å²) < 4.78 is 7.97. The van der Waals surface area contributed by atoms with Crippen molar-refractivity contribution in [2.75, 3.05) is 6.61 Å². The molecule has 1 unspecified atom stereocenters. The van der Waals surface area contributed by atoms with Crippen molar-refractivity contribution in [2.24, 2.45) is 5.73 Å². The first-order valence-electron chi connectivity index (χ1n) is 7.06. The molecule has 0 spiro atoms. The zero-order valence-corrected chi connectivity index (χ0v) is 14.8. The molecule has 0 amide bonds. The summed E-state index contributed by atoms with van der Waals surface area (Å²) in [6, 6.07) is 12.7. The molecule has 21 heavy (non-hydrogen) atoms. The molecule has 1 aliphatic rings. The first-order valence-corrected chi connectivity index (χ1v) is 8.64. The van der Waals surface area contributed by atoms with E-state index in [1.54, 1.807) is 0 Å². The molecule has 2 aromatic carbocycles. The van der Waals surface area contributed by atoms with Gasteiger partial charge in [0.25, 0.3) is 0 Å². The molecule has 1 heterocycles. The fraction of sp³-hybridized carbons (Fsp3) is 0.294. The molecule has 0 bridgehead atoms. The van der Waals surface area contributed by atoms with Crippen LogP contribution in [0.25, 0.3) is 0 Å². The van der Waals surface area contributed by atoms with Crippen molar-refractivity contribution in [3.8, 4) is 5.75 Å². The highest BCUT2D eigenvalue weighted by atomic mass is 79.9. The topological polar surface area (TPSA) is 35.2 Å². The Bertz CT molecular complexity index is 640. The molecule has 2 nitrogen and oxygen atoms in total. The van der Waals surface area contributed by atoms with Crippen LogP contribution >= 0.6 is 31.9 Å². The lowest BCUT2D eigenvalue weighted by Gasteiger charge is -2.15. The highest BCUT2D eigenvalue weighted by molar-refractivity contribution is 9.10. The molecule has 0 saturated heterocycles. The number of halogens is 2. The number of benzene rings is 2. The van der Waals surface area contributed by atoms with Gasteiger partial charge in [-0.15, -0.1) is 0 Å². The third-order valence-electron chi connectivity index (χ3n) is 3.72. The standard InChI is InChI=1S/C17H17Br2NO/c18-14-3-1-11(2-4-14)7-16(20)10-13-9-15(19)8-12-5-6-21-17(12)13/h1-4,8-9,16H,5-7,10,20H2. The third-order valence-corrected chi connectivity index (χ3v) is 4.71. The van der Waals surface area contributed by atoms with Gasteiger partial charge < -0.3 is 10.5 Å². The number of nitrogens with two attached hydrogens (primary N) is 1.